The van der Waals surface area contributed by atoms with Gasteiger partial charge < -0.3 is 4.74 Å². The van der Waals surface area contributed by atoms with Crippen molar-refractivity contribution in [1.29, 1.82) is 0 Å². The van der Waals surface area contributed by atoms with E-state index >= 15 is 0 Å². The fourth-order valence-electron chi connectivity index (χ4n) is 1.16. The number of carbonyl (C=O) groups is 1. The van der Waals surface area contributed by atoms with Crippen LogP contribution in [0.15, 0.2) is 24.3 Å². The molecule has 15 heavy (non-hydrogen) atoms. The van der Waals surface area contributed by atoms with Gasteiger partial charge in [0.15, 0.2) is 0 Å². The lowest BCUT2D eigenvalue weighted by Crippen LogP contribution is -2.33. The molecule has 0 saturated carbocycles. The summed E-state index contributed by atoms with van der Waals surface area (Å²) in [6.45, 7) is 0. The Morgan fingerprint density at radius 3 is 2.60 bits per heavy atom. The highest BCUT2D eigenvalue weighted by Crippen LogP contribution is 2.07. The minimum Gasteiger partial charge on any atom is -0.468 e. The number of methoxy groups -OCH3 is 1. The number of esters is 1. The van der Waals surface area contributed by atoms with Crippen LogP contribution in [0.2, 0.25) is 0 Å². The Morgan fingerprint density at radius 1 is 1.53 bits per heavy atom. The molecule has 0 radical (unpaired) electrons. The van der Waals surface area contributed by atoms with Crippen LogP contribution < -0.4 is 4.84 Å². The van der Waals surface area contributed by atoms with Gasteiger partial charge in [0.2, 0.25) is 0 Å². The van der Waals surface area contributed by atoms with Crippen molar-refractivity contribution < 1.29 is 13.9 Å². The van der Waals surface area contributed by atoms with Crippen LogP contribution >= 0.6 is 11.8 Å². The molecule has 3 nitrogen and oxygen atoms in total. The molecular weight excluding hydrogens is 221 g/mol. The third-order valence-electron chi connectivity index (χ3n) is 1.97. The zero-order valence-electron chi connectivity index (χ0n) is 8.17. The normalized spacial score (nSPS) is 12.2. The molecule has 0 fully saturated rings. The van der Waals surface area contributed by atoms with E-state index in [1.54, 1.807) is 12.1 Å². The summed E-state index contributed by atoms with van der Waals surface area (Å²) in [5.41, 5.74) is 0.806. The van der Waals surface area contributed by atoms with E-state index in [4.69, 9.17) is 11.8 Å². The first kappa shape index (κ1) is 11.9. The van der Waals surface area contributed by atoms with Crippen LogP contribution in [-0.4, -0.2) is 19.1 Å². The van der Waals surface area contributed by atoms with Gasteiger partial charge in [0, 0.05) is 0 Å². The van der Waals surface area contributed by atoms with Gasteiger partial charge in [-0.15, -0.1) is 0 Å². The smallest absolute Gasteiger partial charge is 0.324 e. The van der Waals surface area contributed by atoms with Gasteiger partial charge >= 0.3 is 5.97 Å². The van der Waals surface area contributed by atoms with Gasteiger partial charge in [-0.1, -0.05) is 12.1 Å². The van der Waals surface area contributed by atoms with Gasteiger partial charge in [0.05, 0.1) is 7.11 Å². The summed E-state index contributed by atoms with van der Waals surface area (Å²) >= 11 is 5.40. The van der Waals surface area contributed by atoms with E-state index in [0.29, 0.717) is 6.42 Å². The summed E-state index contributed by atoms with van der Waals surface area (Å²) in [6, 6.07) is 5.23. The maximum atomic E-state index is 12.6. The maximum Gasteiger partial charge on any atom is 0.324 e. The molecule has 0 unspecified atom stereocenters. The molecule has 0 amide bonds. The summed E-state index contributed by atoms with van der Waals surface area (Å²) in [7, 11) is 1.29. The van der Waals surface area contributed by atoms with Crippen LogP contribution in [0, 0.1) is 5.82 Å². The zero-order valence-corrected chi connectivity index (χ0v) is 8.92. The quantitative estimate of drug-likeness (QED) is 0.633. The lowest BCUT2D eigenvalue weighted by molar-refractivity contribution is -0.142. The largest absolute Gasteiger partial charge is 0.468 e. The van der Waals surface area contributed by atoms with Crippen LogP contribution in [0.25, 0.3) is 0 Å². The first-order valence-corrected chi connectivity index (χ1v) is 4.73. The van der Waals surface area contributed by atoms with Crippen molar-refractivity contribution in [1.82, 2.24) is 4.84 Å². The number of hydrogen-bond acceptors (Lipinski definition) is 3. The van der Waals surface area contributed by atoms with Crippen molar-refractivity contribution in [2.45, 2.75) is 12.5 Å². The number of halogens is 2. The minimum absolute atomic E-state index is 0.313. The lowest BCUT2D eigenvalue weighted by atomic mass is 10.1. The molecule has 0 aromatic heterocycles. The Hall–Kier alpha value is -1.13. The number of benzene rings is 1. The van der Waals surface area contributed by atoms with E-state index in [0.717, 1.165) is 5.56 Å². The van der Waals surface area contributed by atoms with E-state index in [-0.39, 0.29) is 5.82 Å². The molecule has 5 heteroatoms. The number of nitrogens with one attached hydrogen (secondary N) is 1. The molecule has 0 bridgehead atoms. The number of ether oxygens (including phenoxy) is 1. The zero-order chi connectivity index (χ0) is 11.3. The van der Waals surface area contributed by atoms with Crippen molar-refractivity contribution in [3.63, 3.8) is 0 Å². The van der Waals surface area contributed by atoms with Gasteiger partial charge in [-0.25, -0.2) is 9.23 Å². The predicted octanol–water partition coefficient (Wildman–Crippen LogP) is 1.65. The summed E-state index contributed by atoms with van der Waals surface area (Å²) in [6.07, 6.45) is 0.358. The number of carbonyl (C=O) groups excluding carboxylic acids is 1. The SMILES string of the molecule is COC(=O)[C@H](Cc1ccc(F)cc1)NCl. The van der Waals surface area contributed by atoms with Crippen molar-refractivity contribution in [2.75, 3.05) is 7.11 Å². The highest BCUT2D eigenvalue weighted by atomic mass is 35.5. The molecule has 1 rings (SSSR count). The van der Waals surface area contributed by atoms with E-state index in [1.165, 1.54) is 19.2 Å². The van der Waals surface area contributed by atoms with Crippen LogP contribution in [0.4, 0.5) is 4.39 Å². The van der Waals surface area contributed by atoms with Gasteiger partial charge in [-0.2, -0.15) is 0 Å². The Bertz CT molecular complexity index is 329. The van der Waals surface area contributed by atoms with Crippen molar-refractivity contribution in [3.05, 3.63) is 35.6 Å². The summed E-state index contributed by atoms with van der Waals surface area (Å²) < 4.78 is 17.1. The average Bonchev–Trinajstić information content (AvgIpc) is 2.27. The highest BCUT2D eigenvalue weighted by molar-refractivity contribution is 6.14. The molecule has 0 spiro atoms. The van der Waals surface area contributed by atoms with E-state index < -0.39 is 12.0 Å². The van der Waals surface area contributed by atoms with Crippen LogP contribution in [0.3, 0.4) is 0 Å². The van der Waals surface area contributed by atoms with Gasteiger partial charge in [0.25, 0.3) is 0 Å². The third-order valence-corrected chi connectivity index (χ3v) is 2.23. The van der Waals surface area contributed by atoms with Crippen molar-refractivity contribution >= 4 is 17.7 Å². The summed E-state index contributed by atoms with van der Waals surface area (Å²) in [4.78, 5) is 13.5. The molecule has 0 aliphatic heterocycles. The maximum absolute atomic E-state index is 12.6. The molecule has 0 aliphatic carbocycles. The van der Waals surface area contributed by atoms with E-state index in [9.17, 15) is 9.18 Å². The highest BCUT2D eigenvalue weighted by Gasteiger charge is 2.18. The monoisotopic (exact) mass is 231 g/mol. The van der Waals surface area contributed by atoms with Crippen molar-refractivity contribution in [2.24, 2.45) is 0 Å². The summed E-state index contributed by atoms with van der Waals surface area (Å²) in [5, 5.41) is 0. The second-order valence-electron chi connectivity index (χ2n) is 3.02. The van der Waals surface area contributed by atoms with Crippen LogP contribution in [0.5, 0.6) is 0 Å². The van der Waals surface area contributed by atoms with Gasteiger partial charge in [-0.3, -0.25) is 4.79 Å². The first-order valence-electron chi connectivity index (χ1n) is 4.35. The minimum atomic E-state index is -0.623. The Balaban J connectivity index is 2.66. The van der Waals surface area contributed by atoms with Gasteiger partial charge in [-0.05, 0) is 35.9 Å². The lowest BCUT2D eigenvalue weighted by Gasteiger charge is -2.11. The third kappa shape index (κ3) is 3.49. The first-order chi connectivity index (χ1) is 7.17. The molecule has 1 atom stereocenters. The molecule has 1 aromatic rings. The van der Waals surface area contributed by atoms with Crippen LogP contribution in [-0.2, 0) is 16.0 Å². The van der Waals surface area contributed by atoms with Gasteiger partial charge in [0.1, 0.15) is 11.9 Å². The van der Waals surface area contributed by atoms with E-state index in [2.05, 4.69) is 9.57 Å². The average molecular weight is 232 g/mol. The number of rotatable bonds is 4. The molecular formula is C10H11ClFNO2. The van der Waals surface area contributed by atoms with E-state index in [1.807, 2.05) is 0 Å². The topological polar surface area (TPSA) is 38.3 Å². The van der Waals surface area contributed by atoms with Crippen LogP contribution in [0.1, 0.15) is 5.56 Å². The Kier molecular flexibility index (Phi) is 4.52. The second-order valence-corrected chi connectivity index (χ2v) is 3.23. The van der Waals surface area contributed by atoms with Crippen molar-refractivity contribution in [3.8, 4) is 0 Å². The molecule has 82 valence electrons. The number of hydrogen-bond donors (Lipinski definition) is 1. The second kappa shape index (κ2) is 5.68. The molecule has 1 aromatic carbocycles. The molecule has 1 N–H and O–H groups in total. The fraction of sp³-hybridized carbons (Fsp3) is 0.300. The Morgan fingerprint density at radius 2 is 2.13 bits per heavy atom. The molecule has 0 saturated heterocycles. The Labute approximate surface area is 92.3 Å². The molecule has 0 heterocycles. The standard InChI is InChI=1S/C10H11ClFNO2/c1-15-10(14)9(13-11)6-7-2-4-8(12)5-3-7/h2-5,9,13H,6H2,1H3/t9-/m0/s1. The molecule has 0 aliphatic rings. The predicted molar refractivity (Wildman–Crippen MR) is 54.9 cm³/mol. The fourth-order valence-corrected chi connectivity index (χ4v) is 1.33. The summed E-state index contributed by atoms with van der Waals surface area (Å²) in [5.74, 6) is -0.762.